The maximum Gasteiger partial charge on any atom is 0.257 e. The molecule has 1 aliphatic heterocycles. The first kappa shape index (κ1) is 17.4. The summed E-state index contributed by atoms with van der Waals surface area (Å²) in [5.74, 6) is 0.0729. The van der Waals surface area contributed by atoms with Gasteiger partial charge in [-0.05, 0) is 35.9 Å². The average Bonchev–Trinajstić information content (AvgIpc) is 3.07. The monoisotopic (exact) mass is 451 g/mol. The van der Waals surface area contributed by atoms with E-state index >= 15 is 0 Å². The minimum atomic E-state index is -0.605. The molecule has 2 heterocycles. The van der Waals surface area contributed by atoms with E-state index in [0.29, 0.717) is 28.1 Å². The van der Waals surface area contributed by atoms with E-state index in [0.717, 1.165) is 10.0 Å². The van der Waals surface area contributed by atoms with Gasteiger partial charge in [0.2, 0.25) is 11.8 Å². The van der Waals surface area contributed by atoms with Gasteiger partial charge >= 0.3 is 0 Å². The predicted molar refractivity (Wildman–Crippen MR) is 104 cm³/mol. The first-order chi connectivity index (χ1) is 12.4. The number of nitrogens with zero attached hydrogens (tertiary/aromatic N) is 3. The van der Waals surface area contributed by atoms with Crippen LogP contribution >= 0.6 is 39.1 Å². The molecule has 4 rings (SSSR count). The Kier molecular flexibility index (Phi) is 4.42. The predicted octanol–water partition coefficient (Wildman–Crippen LogP) is 5.12. The molecule has 3 aromatic rings. The number of amides is 1. The van der Waals surface area contributed by atoms with E-state index in [1.165, 1.54) is 15.7 Å². The average molecular weight is 453 g/mol. The summed E-state index contributed by atoms with van der Waals surface area (Å²) in [4.78, 5) is 18.8. The molecular formula is C18H12BrCl2N3O2. The summed E-state index contributed by atoms with van der Waals surface area (Å²) >= 11 is 15.6. The van der Waals surface area contributed by atoms with Crippen molar-refractivity contribution in [2.24, 2.45) is 0 Å². The number of hydrogen-bond acceptors (Lipinski definition) is 3. The highest BCUT2D eigenvalue weighted by molar-refractivity contribution is 9.10. The zero-order valence-corrected chi connectivity index (χ0v) is 16.3. The zero-order valence-electron chi connectivity index (χ0n) is 13.2. The molecule has 1 atom stereocenters. The van der Waals surface area contributed by atoms with Crippen molar-refractivity contribution in [2.45, 2.75) is 12.5 Å². The van der Waals surface area contributed by atoms with Crippen LogP contribution in [0.5, 0.6) is 5.88 Å². The lowest BCUT2D eigenvalue weighted by Crippen LogP contribution is -2.26. The Hall–Kier alpha value is -2.02. The van der Waals surface area contributed by atoms with E-state index in [9.17, 15) is 9.90 Å². The Bertz CT molecular complexity index is 984. The third kappa shape index (κ3) is 2.98. The molecule has 8 heteroatoms. The summed E-state index contributed by atoms with van der Waals surface area (Å²) < 4.78 is 2.49. The lowest BCUT2D eigenvalue weighted by Gasteiger charge is -2.16. The number of aromatic hydroxyl groups is 1. The lowest BCUT2D eigenvalue weighted by atomic mass is 10.1. The third-order valence-corrected chi connectivity index (χ3v) is 5.19. The topological polar surface area (TPSA) is 58.4 Å². The summed E-state index contributed by atoms with van der Waals surface area (Å²) in [5.41, 5.74) is 1.48. The minimum Gasteiger partial charge on any atom is -0.493 e. The summed E-state index contributed by atoms with van der Waals surface area (Å²) in [5, 5.41) is 11.0. The van der Waals surface area contributed by atoms with E-state index in [4.69, 9.17) is 23.2 Å². The van der Waals surface area contributed by atoms with E-state index in [1.807, 2.05) is 24.3 Å². The molecule has 0 aliphatic carbocycles. The van der Waals surface area contributed by atoms with Crippen LogP contribution in [0.15, 0.2) is 53.1 Å². The van der Waals surface area contributed by atoms with Crippen molar-refractivity contribution >= 4 is 56.7 Å². The van der Waals surface area contributed by atoms with Gasteiger partial charge in [0.1, 0.15) is 6.04 Å². The lowest BCUT2D eigenvalue weighted by molar-refractivity contribution is -0.119. The fourth-order valence-corrected chi connectivity index (χ4v) is 3.88. The fourth-order valence-electron chi connectivity index (χ4n) is 3.10. The fraction of sp³-hybridized carbons (Fsp3) is 0.111. The molecule has 0 spiro atoms. The van der Waals surface area contributed by atoms with Crippen molar-refractivity contribution in [1.82, 2.24) is 9.55 Å². The van der Waals surface area contributed by atoms with E-state index < -0.39 is 6.04 Å². The van der Waals surface area contributed by atoms with Crippen molar-refractivity contribution in [2.75, 3.05) is 4.90 Å². The Morgan fingerprint density at radius 3 is 2.42 bits per heavy atom. The Morgan fingerprint density at radius 1 is 1.12 bits per heavy atom. The first-order valence-corrected chi connectivity index (χ1v) is 9.29. The first-order valence-electron chi connectivity index (χ1n) is 7.75. The second-order valence-corrected chi connectivity index (χ2v) is 7.72. The van der Waals surface area contributed by atoms with Crippen LogP contribution in [-0.4, -0.2) is 20.6 Å². The van der Waals surface area contributed by atoms with Crippen molar-refractivity contribution in [3.05, 3.63) is 68.7 Å². The van der Waals surface area contributed by atoms with Gasteiger partial charge in [-0.25, -0.2) is 9.88 Å². The number of aromatic nitrogens is 2. The standard InChI is InChI=1S/C18H12BrCl2N3O2/c19-11-3-1-10(2-4-11)5-15-17(26)23(18-22-9-16(25)24(15)18)14-7-12(20)6-13(21)8-14/h1-4,6-9,15,25H,5H2. The number of benzene rings is 2. The maximum absolute atomic E-state index is 13.1. The number of carbonyl (C=O) groups excluding carboxylic acids is 1. The number of carbonyl (C=O) groups is 1. The molecule has 0 saturated heterocycles. The van der Waals surface area contributed by atoms with Gasteiger partial charge < -0.3 is 5.11 Å². The normalized spacial score (nSPS) is 16.2. The number of halogens is 3. The highest BCUT2D eigenvalue weighted by Crippen LogP contribution is 2.41. The van der Waals surface area contributed by atoms with Crippen LogP contribution in [0.1, 0.15) is 11.6 Å². The van der Waals surface area contributed by atoms with Gasteiger partial charge in [0.25, 0.3) is 5.91 Å². The van der Waals surface area contributed by atoms with Gasteiger partial charge in [-0.2, -0.15) is 0 Å². The summed E-state index contributed by atoms with van der Waals surface area (Å²) in [6, 6.07) is 12.0. The third-order valence-electron chi connectivity index (χ3n) is 4.22. The molecule has 5 nitrogen and oxygen atoms in total. The Labute approximate surface area is 167 Å². The smallest absolute Gasteiger partial charge is 0.257 e. The molecule has 0 saturated carbocycles. The highest BCUT2D eigenvalue weighted by atomic mass is 79.9. The van der Waals surface area contributed by atoms with Crippen LogP contribution in [0.25, 0.3) is 0 Å². The summed E-state index contributed by atoms with van der Waals surface area (Å²) in [6.07, 6.45) is 1.75. The van der Waals surface area contributed by atoms with Crippen molar-refractivity contribution in [3.8, 4) is 5.88 Å². The SMILES string of the molecule is O=C1C(Cc2ccc(Br)cc2)n2c(O)cnc2N1c1cc(Cl)cc(Cl)c1. The number of fused-ring (bicyclic) bond motifs is 1. The minimum absolute atomic E-state index is 0.0638. The molecule has 1 N–H and O–H groups in total. The van der Waals surface area contributed by atoms with E-state index in [-0.39, 0.29) is 11.8 Å². The molecular weight excluding hydrogens is 441 g/mol. The van der Waals surface area contributed by atoms with Gasteiger partial charge in [-0.1, -0.05) is 51.3 Å². The van der Waals surface area contributed by atoms with Gasteiger partial charge in [0.15, 0.2) is 0 Å². The van der Waals surface area contributed by atoms with Crippen molar-refractivity contribution in [3.63, 3.8) is 0 Å². The van der Waals surface area contributed by atoms with Crippen LogP contribution in [0.2, 0.25) is 10.0 Å². The molecule has 0 radical (unpaired) electrons. The van der Waals surface area contributed by atoms with Gasteiger partial charge in [-0.3, -0.25) is 9.36 Å². The second-order valence-electron chi connectivity index (χ2n) is 5.93. The molecule has 0 fully saturated rings. The van der Waals surface area contributed by atoms with Crippen LogP contribution in [-0.2, 0) is 11.2 Å². The molecule has 132 valence electrons. The van der Waals surface area contributed by atoms with Crippen LogP contribution in [0, 0.1) is 0 Å². The van der Waals surface area contributed by atoms with Crippen LogP contribution < -0.4 is 4.90 Å². The number of anilines is 2. The summed E-state index contributed by atoms with van der Waals surface area (Å²) in [6.45, 7) is 0. The van der Waals surface area contributed by atoms with Crippen molar-refractivity contribution in [1.29, 1.82) is 0 Å². The largest absolute Gasteiger partial charge is 0.493 e. The van der Waals surface area contributed by atoms with Gasteiger partial charge in [-0.15, -0.1) is 0 Å². The molecule has 26 heavy (non-hydrogen) atoms. The molecule has 2 aromatic carbocycles. The van der Waals surface area contributed by atoms with Crippen LogP contribution in [0.3, 0.4) is 0 Å². The van der Waals surface area contributed by atoms with Gasteiger partial charge in [0, 0.05) is 20.9 Å². The number of rotatable bonds is 3. The highest BCUT2D eigenvalue weighted by Gasteiger charge is 2.41. The molecule has 0 bridgehead atoms. The van der Waals surface area contributed by atoms with Crippen molar-refractivity contribution < 1.29 is 9.90 Å². The second kappa shape index (κ2) is 6.61. The number of imidazole rings is 1. The summed E-state index contributed by atoms with van der Waals surface area (Å²) in [7, 11) is 0. The van der Waals surface area contributed by atoms with E-state index in [1.54, 1.807) is 18.2 Å². The Balaban J connectivity index is 1.76. The van der Waals surface area contributed by atoms with E-state index in [2.05, 4.69) is 20.9 Å². The molecule has 1 amide bonds. The Morgan fingerprint density at radius 2 is 1.77 bits per heavy atom. The molecule has 1 aromatic heterocycles. The molecule has 1 aliphatic rings. The van der Waals surface area contributed by atoms with Gasteiger partial charge in [0.05, 0.1) is 11.9 Å². The maximum atomic E-state index is 13.1. The van der Waals surface area contributed by atoms with Crippen LogP contribution in [0.4, 0.5) is 11.6 Å². The molecule has 1 unspecified atom stereocenters. The number of hydrogen-bond donors (Lipinski definition) is 1. The quantitative estimate of drug-likeness (QED) is 0.599. The zero-order chi connectivity index (χ0) is 18.4.